The van der Waals surface area contributed by atoms with Gasteiger partial charge < -0.3 is 10.2 Å². The number of aryl methyl sites for hydroxylation is 2. The van der Waals surface area contributed by atoms with E-state index in [-0.39, 0.29) is 25.0 Å². The second-order valence-corrected chi connectivity index (χ2v) is 11.5. The molecule has 1 aliphatic rings. The lowest BCUT2D eigenvalue weighted by Gasteiger charge is -2.33. The third-order valence-corrected chi connectivity index (χ3v) is 8.12. The highest BCUT2D eigenvalue weighted by Crippen LogP contribution is 2.26. The number of carbonyl (C=O) groups is 2. The summed E-state index contributed by atoms with van der Waals surface area (Å²) in [5.74, 6) is -0.634. The van der Waals surface area contributed by atoms with Gasteiger partial charge in [-0.1, -0.05) is 49.2 Å². The lowest BCUT2D eigenvalue weighted by molar-refractivity contribution is -0.139. The number of hydrogen-bond donors (Lipinski definition) is 1. The zero-order valence-corrected chi connectivity index (χ0v) is 22.2. The Morgan fingerprint density at radius 2 is 1.63 bits per heavy atom. The molecule has 0 unspecified atom stereocenters. The maximum atomic E-state index is 13.7. The molecule has 0 saturated heterocycles. The zero-order chi connectivity index (χ0) is 25.8. The lowest BCUT2D eigenvalue weighted by Crippen LogP contribution is -2.52. The fraction of sp³-hybridized carbons (Fsp3) is 0.481. The van der Waals surface area contributed by atoms with E-state index in [2.05, 4.69) is 5.32 Å². The minimum absolute atomic E-state index is 0.128. The fourth-order valence-corrected chi connectivity index (χ4v) is 5.45. The Morgan fingerprint density at radius 1 is 1.00 bits per heavy atom. The molecule has 0 spiro atoms. The van der Waals surface area contributed by atoms with E-state index in [9.17, 15) is 18.0 Å². The molecular formula is C27H37N3O4S. The summed E-state index contributed by atoms with van der Waals surface area (Å²) in [5.41, 5.74) is 4.12. The number of sulfonamides is 1. The molecule has 1 atom stereocenters. The van der Waals surface area contributed by atoms with Crippen molar-refractivity contribution in [2.45, 2.75) is 72.0 Å². The van der Waals surface area contributed by atoms with Crippen LogP contribution in [0.15, 0.2) is 42.5 Å². The van der Waals surface area contributed by atoms with Crippen LogP contribution in [0.3, 0.4) is 0 Å². The molecule has 2 amide bonds. The van der Waals surface area contributed by atoms with Gasteiger partial charge in [0.05, 0.1) is 11.9 Å². The van der Waals surface area contributed by atoms with Crippen LogP contribution >= 0.6 is 0 Å². The lowest BCUT2D eigenvalue weighted by atomic mass is 10.1. The minimum Gasteiger partial charge on any atom is -0.352 e. The van der Waals surface area contributed by atoms with E-state index in [1.54, 1.807) is 19.1 Å². The predicted octanol–water partition coefficient (Wildman–Crippen LogP) is 3.85. The van der Waals surface area contributed by atoms with Crippen LogP contribution in [0.4, 0.5) is 5.69 Å². The Bertz CT molecular complexity index is 1170. The van der Waals surface area contributed by atoms with Crippen molar-refractivity contribution in [2.24, 2.45) is 0 Å². The summed E-state index contributed by atoms with van der Waals surface area (Å²) in [6.45, 7) is 7.26. The standard InChI is InChI=1S/C27H37N3O4S/c1-19-12-10-16-25(21(19)3)30(35(5,33)34)18-26(31)29(17-23-13-7-6-11-20(23)2)22(4)27(32)28-24-14-8-9-15-24/h6-7,10-13,16,22,24H,8-9,14-15,17-18H2,1-5H3,(H,28,32)/t22-/m0/s1. The Labute approximate surface area is 209 Å². The highest BCUT2D eigenvalue weighted by Gasteiger charge is 2.32. The zero-order valence-electron chi connectivity index (χ0n) is 21.4. The van der Waals surface area contributed by atoms with Crippen LogP contribution in [-0.2, 0) is 26.2 Å². The van der Waals surface area contributed by atoms with Gasteiger partial charge in [-0.3, -0.25) is 13.9 Å². The second-order valence-electron chi connectivity index (χ2n) is 9.60. The van der Waals surface area contributed by atoms with Gasteiger partial charge >= 0.3 is 0 Å². The van der Waals surface area contributed by atoms with E-state index < -0.39 is 22.0 Å². The van der Waals surface area contributed by atoms with Crippen molar-refractivity contribution in [3.63, 3.8) is 0 Å². The normalized spacial score (nSPS) is 15.0. The van der Waals surface area contributed by atoms with E-state index in [4.69, 9.17) is 0 Å². The van der Waals surface area contributed by atoms with E-state index in [1.165, 1.54) is 4.90 Å². The summed E-state index contributed by atoms with van der Waals surface area (Å²) in [6, 6.07) is 12.5. The summed E-state index contributed by atoms with van der Waals surface area (Å²) in [6.07, 6.45) is 5.16. The topological polar surface area (TPSA) is 86.8 Å². The molecule has 1 saturated carbocycles. The van der Waals surface area contributed by atoms with Crippen molar-refractivity contribution in [1.29, 1.82) is 0 Å². The van der Waals surface area contributed by atoms with Gasteiger partial charge in [0.25, 0.3) is 0 Å². The minimum atomic E-state index is -3.75. The van der Waals surface area contributed by atoms with Crippen LogP contribution in [0, 0.1) is 20.8 Å². The third kappa shape index (κ3) is 6.63. The first-order valence-corrected chi connectivity index (χ1v) is 14.0. The first-order valence-electron chi connectivity index (χ1n) is 12.2. The Morgan fingerprint density at radius 3 is 2.26 bits per heavy atom. The molecule has 0 aliphatic heterocycles. The van der Waals surface area contributed by atoms with Crippen molar-refractivity contribution in [3.05, 3.63) is 64.7 Å². The summed E-state index contributed by atoms with van der Waals surface area (Å²) in [7, 11) is -3.75. The van der Waals surface area contributed by atoms with Crippen LogP contribution in [0.25, 0.3) is 0 Å². The largest absolute Gasteiger partial charge is 0.352 e. The summed E-state index contributed by atoms with van der Waals surface area (Å²) in [5, 5.41) is 3.08. The molecular weight excluding hydrogens is 462 g/mol. The molecule has 7 nitrogen and oxygen atoms in total. The van der Waals surface area contributed by atoms with Crippen LogP contribution in [0.2, 0.25) is 0 Å². The van der Waals surface area contributed by atoms with Crippen molar-refractivity contribution in [2.75, 3.05) is 17.1 Å². The predicted molar refractivity (Wildman–Crippen MR) is 140 cm³/mol. The smallest absolute Gasteiger partial charge is 0.244 e. The Hall–Kier alpha value is -2.87. The van der Waals surface area contributed by atoms with Gasteiger partial charge in [-0.05, 0) is 68.9 Å². The molecule has 8 heteroatoms. The maximum Gasteiger partial charge on any atom is 0.244 e. The monoisotopic (exact) mass is 499 g/mol. The Balaban J connectivity index is 1.92. The molecule has 0 radical (unpaired) electrons. The van der Waals surface area contributed by atoms with E-state index in [0.29, 0.717) is 5.69 Å². The van der Waals surface area contributed by atoms with Gasteiger partial charge in [-0.25, -0.2) is 8.42 Å². The van der Waals surface area contributed by atoms with Gasteiger partial charge in [-0.15, -0.1) is 0 Å². The molecule has 1 aliphatic carbocycles. The van der Waals surface area contributed by atoms with Crippen LogP contribution < -0.4 is 9.62 Å². The Kier molecular flexibility index (Phi) is 8.59. The number of nitrogens with one attached hydrogen (secondary N) is 1. The van der Waals surface area contributed by atoms with Crippen LogP contribution in [-0.4, -0.2) is 50.0 Å². The van der Waals surface area contributed by atoms with E-state index in [0.717, 1.165) is 58.5 Å². The van der Waals surface area contributed by atoms with Crippen LogP contribution in [0.5, 0.6) is 0 Å². The van der Waals surface area contributed by atoms with Crippen molar-refractivity contribution >= 4 is 27.5 Å². The molecule has 190 valence electrons. The number of benzene rings is 2. The summed E-state index contributed by atoms with van der Waals surface area (Å²) < 4.78 is 26.7. The van der Waals surface area contributed by atoms with Gasteiger partial charge in [0, 0.05) is 12.6 Å². The number of rotatable bonds is 9. The molecule has 3 rings (SSSR count). The van der Waals surface area contributed by atoms with E-state index in [1.807, 2.05) is 51.1 Å². The van der Waals surface area contributed by atoms with E-state index >= 15 is 0 Å². The number of nitrogens with zero attached hydrogens (tertiary/aromatic N) is 2. The average Bonchev–Trinajstić information content (AvgIpc) is 3.30. The van der Waals surface area contributed by atoms with Crippen molar-refractivity contribution in [3.8, 4) is 0 Å². The highest BCUT2D eigenvalue weighted by molar-refractivity contribution is 7.92. The number of anilines is 1. The summed E-state index contributed by atoms with van der Waals surface area (Å²) in [4.78, 5) is 28.3. The summed E-state index contributed by atoms with van der Waals surface area (Å²) >= 11 is 0. The molecule has 2 aromatic carbocycles. The first-order chi connectivity index (χ1) is 16.5. The number of carbonyl (C=O) groups excluding carboxylic acids is 2. The molecule has 1 fully saturated rings. The van der Waals surface area contributed by atoms with Crippen molar-refractivity contribution < 1.29 is 18.0 Å². The quantitative estimate of drug-likeness (QED) is 0.568. The fourth-order valence-electron chi connectivity index (χ4n) is 4.55. The molecule has 0 bridgehead atoms. The van der Waals surface area contributed by atoms with Crippen LogP contribution in [0.1, 0.15) is 54.9 Å². The second kappa shape index (κ2) is 11.2. The molecule has 0 aromatic heterocycles. The van der Waals surface area contributed by atoms with Gasteiger partial charge in [0.2, 0.25) is 21.8 Å². The highest BCUT2D eigenvalue weighted by atomic mass is 32.2. The first kappa shape index (κ1) is 26.7. The third-order valence-electron chi connectivity index (χ3n) is 6.99. The van der Waals surface area contributed by atoms with Gasteiger partial charge in [0.15, 0.2) is 0 Å². The molecule has 35 heavy (non-hydrogen) atoms. The molecule has 0 heterocycles. The number of amides is 2. The molecule has 2 aromatic rings. The SMILES string of the molecule is Cc1ccccc1CN(C(=O)CN(c1cccc(C)c1C)S(C)(=O)=O)[C@@H](C)C(=O)NC1CCCC1. The van der Waals surface area contributed by atoms with Crippen molar-refractivity contribution in [1.82, 2.24) is 10.2 Å². The van der Waals surface area contributed by atoms with Gasteiger partial charge in [-0.2, -0.15) is 0 Å². The average molecular weight is 500 g/mol. The van der Waals surface area contributed by atoms with Gasteiger partial charge in [0.1, 0.15) is 12.6 Å². The molecule has 1 N–H and O–H groups in total. The number of hydrogen-bond acceptors (Lipinski definition) is 4. The maximum absolute atomic E-state index is 13.7.